The summed E-state index contributed by atoms with van der Waals surface area (Å²) in [5, 5.41) is 10.5. The van der Waals surface area contributed by atoms with E-state index in [9.17, 15) is 5.11 Å². The van der Waals surface area contributed by atoms with Gasteiger partial charge >= 0.3 is 0 Å². The highest BCUT2D eigenvalue weighted by atomic mass is 16.3. The standard InChI is InChI=1S/C17H30NO/c1-5-6-7-11-14-18(3,4)15(2)17(19)16-12-9-8-10-13-16/h8-10,12-13,15,17,19H,5-7,11,14H2,1-4H3/q+1. The molecule has 1 N–H and O–H groups in total. The smallest absolute Gasteiger partial charge is 0.130 e. The first-order chi connectivity index (χ1) is 8.99. The molecule has 0 spiro atoms. The Morgan fingerprint density at radius 1 is 1.05 bits per heavy atom. The molecule has 1 aromatic rings. The fourth-order valence-corrected chi connectivity index (χ4v) is 2.46. The lowest BCUT2D eigenvalue weighted by molar-refractivity contribution is -0.917. The normalized spacial score (nSPS) is 15.2. The minimum atomic E-state index is -0.387. The average molecular weight is 264 g/mol. The maximum Gasteiger partial charge on any atom is 0.130 e. The predicted octanol–water partition coefficient (Wildman–Crippen LogP) is 3.77. The van der Waals surface area contributed by atoms with Crippen LogP contribution in [0.4, 0.5) is 0 Å². The Bertz CT molecular complexity index is 348. The minimum absolute atomic E-state index is 0.212. The van der Waals surface area contributed by atoms with Crippen LogP contribution in [0.2, 0.25) is 0 Å². The molecule has 2 nitrogen and oxygen atoms in total. The average Bonchev–Trinajstić information content (AvgIpc) is 2.43. The zero-order chi connectivity index (χ0) is 14.3. The predicted molar refractivity (Wildman–Crippen MR) is 82.0 cm³/mol. The number of benzene rings is 1. The fourth-order valence-electron chi connectivity index (χ4n) is 2.46. The van der Waals surface area contributed by atoms with Crippen molar-refractivity contribution in [2.24, 2.45) is 0 Å². The van der Waals surface area contributed by atoms with Crippen molar-refractivity contribution in [1.82, 2.24) is 0 Å². The third-order valence-corrected chi connectivity index (χ3v) is 4.29. The van der Waals surface area contributed by atoms with Crippen LogP contribution in [0, 0.1) is 0 Å². The Hall–Kier alpha value is -0.860. The number of rotatable bonds is 8. The van der Waals surface area contributed by atoms with Crippen molar-refractivity contribution in [3.8, 4) is 0 Å². The summed E-state index contributed by atoms with van der Waals surface area (Å²) in [4.78, 5) is 0. The van der Waals surface area contributed by atoms with Crippen molar-refractivity contribution >= 4 is 0 Å². The number of nitrogens with zero attached hydrogens (tertiary/aromatic N) is 1. The molecule has 0 fully saturated rings. The summed E-state index contributed by atoms with van der Waals surface area (Å²) in [5.41, 5.74) is 1.02. The van der Waals surface area contributed by atoms with Crippen LogP contribution in [-0.2, 0) is 0 Å². The van der Waals surface area contributed by atoms with Crippen molar-refractivity contribution in [1.29, 1.82) is 0 Å². The second kappa shape index (κ2) is 7.66. The third-order valence-electron chi connectivity index (χ3n) is 4.29. The van der Waals surface area contributed by atoms with Gasteiger partial charge in [0.05, 0.1) is 20.6 Å². The molecule has 0 saturated carbocycles. The lowest BCUT2D eigenvalue weighted by Gasteiger charge is -2.38. The summed E-state index contributed by atoms with van der Waals surface area (Å²) in [7, 11) is 4.45. The highest BCUT2D eigenvalue weighted by Crippen LogP contribution is 2.24. The van der Waals surface area contributed by atoms with Gasteiger partial charge < -0.3 is 9.59 Å². The summed E-state index contributed by atoms with van der Waals surface area (Å²) in [6.45, 7) is 5.52. The lowest BCUT2D eigenvalue weighted by atomic mass is 10.0. The molecule has 0 aliphatic rings. The molecule has 0 heterocycles. The molecule has 1 aromatic carbocycles. The van der Waals surface area contributed by atoms with Crippen LogP contribution in [0.15, 0.2) is 30.3 Å². The summed E-state index contributed by atoms with van der Waals surface area (Å²) in [6.07, 6.45) is 4.74. The van der Waals surface area contributed by atoms with Gasteiger partial charge in [-0.3, -0.25) is 0 Å². The summed E-state index contributed by atoms with van der Waals surface area (Å²) in [6, 6.07) is 10.2. The van der Waals surface area contributed by atoms with Gasteiger partial charge in [-0.05, 0) is 25.3 Å². The van der Waals surface area contributed by atoms with E-state index in [0.717, 1.165) is 16.6 Å². The van der Waals surface area contributed by atoms with E-state index in [1.165, 1.54) is 25.7 Å². The van der Waals surface area contributed by atoms with Crippen LogP contribution in [0.3, 0.4) is 0 Å². The molecule has 0 bridgehead atoms. The van der Waals surface area contributed by atoms with Gasteiger partial charge in [-0.2, -0.15) is 0 Å². The zero-order valence-electron chi connectivity index (χ0n) is 13.0. The van der Waals surface area contributed by atoms with Crippen LogP contribution in [0.5, 0.6) is 0 Å². The van der Waals surface area contributed by atoms with E-state index in [0.29, 0.717) is 0 Å². The molecule has 19 heavy (non-hydrogen) atoms. The molecule has 108 valence electrons. The van der Waals surface area contributed by atoms with Crippen LogP contribution in [-0.4, -0.2) is 36.3 Å². The molecule has 2 heteroatoms. The third kappa shape index (κ3) is 4.96. The molecule has 0 saturated heterocycles. The zero-order valence-corrected chi connectivity index (χ0v) is 13.0. The number of aliphatic hydroxyl groups excluding tert-OH is 1. The number of hydrogen-bond donors (Lipinski definition) is 1. The van der Waals surface area contributed by atoms with E-state index in [-0.39, 0.29) is 12.1 Å². The molecule has 0 aliphatic carbocycles. The summed E-state index contributed by atoms with van der Waals surface area (Å²) in [5.74, 6) is 0. The molecule has 0 amide bonds. The first-order valence-electron chi connectivity index (χ1n) is 7.54. The second-order valence-corrected chi connectivity index (χ2v) is 6.16. The van der Waals surface area contributed by atoms with Crippen molar-refractivity contribution in [2.75, 3.05) is 20.6 Å². The molecular weight excluding hydrogens is 234 g/mol. The number of aliphatic hydroxyl groups is 1. The van der Waals surface area contributed by atoms with Crippen LogP contribution < -0.4 is 0 Å². The Balaban J connectivity index is 2.56. The number of hydrogen-bond acceptors (Lipinski definition) is 1. The van der Waals surface area contributed by atoms with Gasteiger partial charge in [-0.1, -0.05) is 50.1 Å². The van der Waals surface area contributed by atoms with E-state index in [2.05, 4.69) is 27.9 Å². The molecule has 0 aromatic heterocycles. The van der Waals surface area contributed by atoms with Crippen LogP contribution >= 0.6 is 0 Å². The molecule has 2 atom stereocenters. The molecule has 2 unspecified atom stereocenters. The van der Waals surface area contributed by atoms with Gasteiger partial charge in [-0.15, -0.1) is 0 Å². The van der Waals surface area contributed by atoms with Gasteiger partial charge in [-0.25, -0.2) is 0 Å². The number of likely N-dealkylation sites (N-methyl/N-ethyl adjacent to an activating group) is 1. The quantitative estimate of drug-likeness (QED) is 0.560. The first-order valence-corrected chi connectivity index (χ1v) is 7.54. The lowest BCUT2D eigenvalue weighted by Crippen LogP contribution is -2.50. The van der Waals surface area contributed by atoms with Crippen molar-refractivity contribution in [3.05, 3.63) is 35.9 Å². The van der Waals surface area contributed by atoms with Crippen molar-refractivity contribution < 1.29 is 9.59 Å². The molecule has 1 rings (SSSR count). The Morgan fingerprint density at radius 3 is 2.26 bits per heavy atom. The number of quaternary nitrogens is 1. The summed E-state index contributed by atoms with van der Waals surface area (Å²) >= 11 is 0. The van der Waals surface area contributed by atoms with Crippen molar-refractivity contribution in [3.63, 3.8) is 0 Å². The van der Waals surface area contributed by atoms with Gasteiger partial charge in [0.1, 0.15) is 12.1 Å². The molecular formula is C17H30NO+. The van der Waals surface area contributed by atoms with E-state index in [1.54, 1.807) is 0 Å². The van der Waals surface area contributed by atoms with Crippen LogP contribution in [0.1, 0.15) is 51.2 Å². The highest BCUT2D eigenvalue weighted by Gasteiger charge is 2.30. The van der Waals surface area contributed by atoms with Crippen LogP contribution in [0.25, 0.3) is 0 Å². The molecule has 0 radical (unpaired) electrons. The topological polar surface area (TPSA) is 20.2 Å². The van der Waals surface area contributed by atoms with E-state index < -0.39 is 0 Å². The first kappa shape index (κ1) is 16.2. The van der Waals surface area contributed by atoms with Gasteiger partial charge in [0.15, 0.2) is 0 Å². The van der Waals surface area contributed by atoms with Gasteiger partial charge in [0, 0.05) is 0 Å². The van der Waals surface area contributed by atoms with E-state index in [4.69, 9.17) is 0 Å². The van der Waals surface area contributed by atoms with E-state index in [1.807, 2.05) is 30.3 Å². The maximum absolute atomic E-state index is 10.5. The van der Waals surface area contributed by atoms with Gasteiger partial charge in [0.2, 0.25) is 0 Å². The Kier molecular flexibility index (Phi) is 6.53. The fraction of sp³-hybridized carbons (Fsp3) is 0.647. The number of unbranched alkanes of at least 4 members (excludes halogenated alkanes) is 3. The largest absolute Gasteiger partial charge is 0.382 e. The summed E-state index contributed by atoms with van der Waals surface area (Å²) < 4.78 is 0.875. The minimum Gasteiger partial charge on any atom is -0.382 e. The van der Waals surface area contributed by atoms with Gasteiger partial charge in [0.25, 0.3) is 0 Å². The SMILES string of the molecule is CCCCCC[N+](C)(C)C(C)C(O)c1ccccc1. The highest BCUT2D eigenvalue weighted by molar-refractivity contribution is 5.18. The van der Waals surface area contributed by atoms with E-state index >= 15 is 0 Å². The maximum atomic E-state index is 10.5. The monoisotopic (exact) mass is 264 g/mol. The Morgan fingerprint density at radius 2 is 1.68 bits per heavy atom. The van der Waals surface area contributed by atoms with Crippen molar-refractivity contribution in [2.45, 2.75) is 51.7 Å². The Labute approximate surface area is 118 Å². The molecule has 0 aliphatic heterocycles. The second-order valence-electron chi connectivity index (χ2n) is 6.16.